The van der Waals surface area contributed by atoms with Gasteiger partial charge in [-0.1, -0.05) is 0 Å². The quantitative estimate of drug-likeness (QED) is 0.157. The molecule has 0 unspecified atom stereocenters. The summed E-state index contributed by atoms with van der Waals surface area (Å²) < 4.78 is 36.0. The number of H-pyrrole nitrogens is 2. The molecule has 5 rings (SSSR count). The van der Waals surface area contributed by atoms with Crippen molar-refractivity contribution >= 4 is 13.7 Å². The van der Waals surface area contributed by atoms with E-state index in [1.165, 1.54) is 26.2 Å². The van der Waals surface area contributed by atoms with Crippen LogP contribution in [0.4, 0.5) is 0 Å². The van der Waals surface area contributed by atoms with Crippen LogP contribution in [0.1, 0.15) is 36.4 Å². The number of nitrogens with zero attached hydrogens (tertiary/aromatic N) is 2. The van der Waals surface area contributed by atoms with Crippen LogP contribution in [0.25, 0.3) is 0 Å². The fourth-order valence-corrected chi connectivity index (χ4v) is 5.88. The Balaban J connectivity index is 1.29. The number of amides is 1. The largest absolute Gasteiger partial charge is 0.469 e. The molecule has 2 bridgehead atoms. The summed E-state index contributed by atoms with van der Waals surface area (Å²) >= 11 is 0. The van der Waals surface area contributed by atoms with E-state index in [-0.39, 0.29) is 37.1 Å². The van der Waals surface area contributed by atoms with Gasteiger partial charge in [-0.3, -0.25) is 38.0 Å². The summed E-state index contributed by atoms with van der Waals surface area (Å²) in [6.07, 6.45) is -2.57. The Labute approximate surface area is 235 Å². The topological polar surface area (TPSA) is 253 Å². The number of aliphatic hydroxyl groups is 1. The zero-order valence-electron chi connectivity index (χ0n) is 22.4. The van der Waals surface area contributed by atoms with Crippen molar-refractivity contribution in [1.82, 2.24) is 24.4 Å². The predicted molar refractivity (Wildman–Crippen MR) is 138 cm³/mol. The number of rotatable bonds is 9. The van der Waals surface area contributed by atoms with Gasteiger partial charge in [-0.05, 0) is 13.8 Å². The third kappa shape index (κ3) is 5.84. The van der Waals surface area contributed by atoms with E-state index in [4.69, 9.17) is 18.7 Å². The van der Waals surface area contributed by atoms with Gasteiger partial charge in [-0.2, -0.15) is 0 Å². The van der Waals surface area contributed by atoms with E-state index in [2.05, 4.69) is 15.3 Å². The molecular formula is C23H30N5O13P. The van der Waals surface area contributed by atoms with Crippen molar-refractivity contribution in [3.05, 3.63) is 65.2 Å². The second-order valence-electron chi connectivity index (χ2n) is 10.6. The Morgan fingerprint density at radius 2 is 1.74 bits per heavy atom. The average molecular weight is 615 g/mol. The summed E-state index contributed by atoms with van der Waals surface area (Å²) in [4.78, 5) is 84.2. The molecule has 0 spiro atoms. The maximum Gasteiger partial charge on any atom is 0.469 e. The van der Waals surface area contributed by atoms with Gasteiger partial charge >= 0.3 is 19.2 Å². The van der Waals surface area contributed by atoms with Gasteiger partial charge in [-0.15, -0.1) is 0 Å². The van der Waals surface area contributed by atoms with Crippen LogP contribution in [0, 0.1) is 19.8 Å². The second-order valence-corrected chi connectivity index (χ2v) is 11.9. The number of ether oxygens (including phenoxy) is 3. The van der Waals surface area contributed by atoms with Gasteiger partial charge in [0.05, 0.1) is 19.3 Å². The van der Waals surface area contributed by atoms with Crippen molar-refractivity contribution < 1.29 is 43.0 Å². The van der Waals surface area contributed by atoms with E-state index in [9.17, 15) is 43.4 Å². The van der Waals surface area contributed by atoms with E-state index in [1.807, 2.05) is 0 Å². The van der Waals surface area contributed by atoms with Gasteiger partial charge in [0.15, 0.2) is 6.23 Å². The van der Waals surface area contributed by atoms with E-state index in [1.54, 1.807) is 0 Å². The minimum atomic E-state index is -4.95. The highest BCUT2D eigenvalue weighted by atomic mass is 31.2. The normalized spacial score (nSPS) is 30.6. The number of aromatic amines is 2. The number of fused-ring (bicyclic) bond motifs is 2. The van der Waals surface area contributed by atoms with Gasteiger partial charge < -0.3 is 34.4 Å². The van der Waals surface area contributed by atoms with Crippen molar-refractivity contribution in [3.63, 3.8) is 0 Å². The fourth-order valence-electron chi connectivity index (χ4n) is 5.49. The number of aromatic nitrogens is 4. The van der Waals surface area contributed by atoms with E-state index < -0.39 is 85.1 Å². The monoisotopic (exact) mass is 615 g/mol. The lowest BCUT2D eigenvalue weighted by atomic mass is 9.86. The molecule has 42 heavy (non-hydrogen) atoms. The molecule has 19 heteroatoms. The lowest BCUT2D eigenvalue weighted by molar-refractivity contribution is -0.185. The summed E-state index contributed by atoms with van der Waals surface area (Å²) in [5.74, 6) is -1.39. The van der Waals surface area contributed by atoms with E-state index in [0.717, 1.165) is 9.13 Å². The maximum atomic E-state index is 13.1. The molecule has 3 aliphatic heterocycles. The maximum absolute atomic E-state index is 13.1. The molecule has 0 aliphatic carbocycles. The van der Waals surface area contributed by atoms with Gasteiger partial charge in [0.25, 0.3) is 11.1 Å². The molecule has 6 N–H and O–H groups in total. The molecule has 230 valence electrons. The molecule has 0 aromatic carbocycles. The number of carbonyl (C=O) groups excluding carboxylic acids is 1. The number of aryl methyl sites for hydroxylation is 2. The number of phosphoric acid groups is 1. The highest BCUT2D eigenvalue weighted by molar-refractivity contribution is 7.46. The molecule has 3 saturated heterocycles. The molecule has 5 heterocycles. The Bertz CT molecular complexity index is 1660. The Morgan fingerprint density at radius 1 is 1.12 bits per heavy atom. The minimum absolute atomic E-state index is 0.0240. The van der Waals surface area contributed by atoms with Gasteiger partial charge in [-0.25, -0.2) is 14.2 Å². The molecular weight excluding hydrogens is 585 g/mol. The minimum Gasteiger partial charge on any atom is -0.390 e. The summed E-state index contributed by atoms with van der Waals surface area (Å²) in [5, 5.41) is 13.1. The van der Waals surface area contributed by atoms with Crippen LogP contribution in [0.15, 0.2) is 31.6 Å². The first-order valence-electron chi connectivity index (χ1n) is 12.9. The number of aliphatic hydroxyl groups excluding tert-OH is 1. The van der Waals surface area contributed by atoms with Gasteiger partial charge in [0.2, 0.25) is 5.91 Å². The molecule has 1 amide bonds. The van der Waals surface area contributed by atoms with Crippen molar-refractivity contribution in [1.29, 1.82) is 0 Å². The van der Waals surface area contributed by atoms with Gasteiger partial charge in [0, 0.05) is 48.8 Å². The number of phosphoric ester groups is 1. The van der Waals surface area contributed by atoms with Crippen molar-refractivity contribution in [3.8, 4) is 0 Å². The summed E-state index contributed by atoms with van der Waals surface area (Å²) in [6, 6.07) is 0. The van der Waals surface area contributed by atoms with Crippen LogP contribution in [0.3, 0.4) is 0 Å². The van der Waals surface area contributed by atoms with Crippen LogP contribution >= 0.6 is 7.82 Å². The van der Waals surface area contributed by atoms with E-state index >= 15 is 0 Å². The first-order valence-corrected chi connectivity index (χ1v) is 14.4. The molecule has 2 aromatic heterocycles. The molecule has 2 aromatic rings. The highest BCUT2D eigenvalue weighted by Crippen LogP contribution is 2.52. The van der Waals surface area contributed by atoms with Gasteiger partial charge in [0.1, 0.15) is 24.0 Å². The molecule has 3 fully saturated rings. The summed E-state index contributed by atoms with van der Waals surface area (Å²) in [7, 11) is -4.95. The Hall–Kier alpha value is -3.22. The average Bonchev–Trinajstić information content (AvgIpc) is 3.54. The van der Waals surface area contributed by atoms with Crippen molar-refractivity contribution in [2.75, 3.05) is 19.8 Å². The smallest absolute Gasteiger partial charge is 0.390 e. The highest BCUT2D eigenvalue weighted by Gasteiger charge is 2.63. The number of carbonyl (C=O) groups is 1. The first-order chi connectivity index (χ1) is 19.7. The van der Waals surface area contributed by atoms with Crippen LogP contribution in [0.5, 0.6) is 0 Å². The lowest BCUT2D eigenvalue weighted by Gasteiger charge is -2.32. The van der Waals surface area contributed by atoms with Crippen LogP contribution in [0.2, 0.25) is 0 Å². The number of hydrogen-bond donors (Lipinski definition) is 6. The summed E-state index contributed by atoms with van der Waals surface area (Å²) in [5.41, 5.74) is -3.71. The zero-order valence-corrected chi connectivity index (χ0v) is 23.3. The lowest BCUT2D eigenvalue weighted by Crippen LogP contribution is -2.45. The molecule has 18 nitrogen and oxygen atoms in total. The van der Waals surface area contributed by atoms with Crippen molar-refractivity contribution in [2.45, 2.75) is 63.1 Å². The third-order valence-corrected chi connectivity index (χ3v) is 8.16. The van der Waals surface area contributed by atoms with Crippen LogP contribution in [-0.2, 0) is 28.1 Å². The fraction of sp³-hybridized carbons (Fsp3) is 0.609. The molecule has 0 radical (unpaired) electrons. The van der Waals surface area contributed by atoms with Crippen molar-refractivity contribution in [2.24, 2.45) is 5.92 Å². The third-order valence-electron chi connectivity index (χ3n) is 7.69. The van der Waals surface area contributed by atoms with Crippen LogP contribution in [-0.4, -0.2) is 83.6 Å². The number of nitrogens with one attached hydrogen (secondary N) is 3. The summed E-state index contributed by atoms with van der Waals surface area (Å²) in [6.45, 7) is 1.99. The van der Waals surface area contributed by atoms with Crippen LogP contribution < -0.4 is 27.8 Å². The first kappa shape index (κ1) is 30.2. The molecule has 0 saturated carbocycles. The predicted octanol–water partition coefficient (Wildman–Crippen LogP) is -2.75. The SMILES string of the molecule is Cc1cn([C@@H]2O[C@@]3(COP(=O)(O)O)CO[C@@H]2[C@@H]3CC(=O)NC[C@H]2O[C@@H](n3cc(C)c(=O)[nH]c3=O)C[C@@H]2O)c(=O)[nH]c1=O. The molecule has 7 atom stereocenters. The second kappa shape index (κ2) is 11.1. The zero-order chi connectivity index (χ0) is 30.6. The van der Waals surface area contributed by atoms with E-state index in [0.29, 0.717) is 0 Å². The number of hydrogen-bond acceptors (Lipinski definition) is 11. The molecule has 3 aliphatic rings. The Kier molecular flexibility index (Phi) is 8.01. The standard InChI is InChI=1S/C23H30N5O13P/c1-10-6-27(21(33)25-18(10)31)16-4-13(29)14(40-16)5-24-15(30)3-12-17-20(28-7-11(2)19(32)26-22(28)34)41-23(12,8-38-17)9-39-42(35,36)37/h6-7,12-14,16-17,20,29H,3-5,8-9H2,1-2H3,(H,24,30)(H,25,31,33)(H,26,32,34)(H2,35,36,37)/t12-,13-,14+,16+,17+,20+,23+/m0/s1. The Morgan fingerprint density at radius 3 is 2.38 bits per heavy atom.